The van der Waals surface area contributed by atoms with Gasteiger partial charge in [0, 0.05) is 25.2 Å². The zero-order valence-electron chi connectivity index (χ0n) is 11.5. The maximum absolute atomic E-state index is 11.7. The Labute approximate surface area is 127 Å². The largest absolute Gasteiger partial charge is 0.612 e. The number of halogens is 1. The van der Waals surface area contributed by atoms with E-state index in [0.717, 1.165) is 36.6 Å². The van der Waals surface area contributed by atoms with Crippen molar-refractivity contribution in [3.63, 3.8) is 0 Å². The molecule has 2 aliphatic rings. The van der Waals surface area contributed by atoms with Crippen molar-refractivity contribution in [2.24, 2.45) is 5.73 Å². The molecule has 1 aromatic carbocycles. The second kappa shape index (κ2) is 5.83. The summed E-state index contributed by atoms with van der Waals surface area (Å²) in [4.78, 5) is 3.08. The number of ether oxygens (including phenoxy) is 1. The Kier molecular flexibility index (Phi) is 4.26. The van der Waals surface area contributed by atoms with E-state index in [9.17, 15) is 4.55 Å². The van der Waals surface area contributed by atoms with E-state index >= 15 is 0 Å². The van der Waals surface area contributed by atoms with E-state index in [-0.39, 0.29) is 6.04 Å². The Morgan fingerprint density at radius 1 is 1.40 bits per heavy atom. The van der Waals surface area contributed by atoms with E-state index < -0.39 is 11.2 Å². The minimum absolute atomic E-state index is 0.117. The molecule has 4 nitrogen and oxygen atoms in total. The van der Waals surface area contributed by atoms with Crippen LogP contribution in [-0.2, 0) is 29.0 Å². The van der Waals surface area contributed by atoms with E-state index in [2.05, 4.69) is 4.90 Å². The van der Waals surface area contributed by atoms with Gasteiger partial charge in [0.25, 0.3) is 0 Å². The highest BCUT2D eigenvalue weighted by Gasteiger charge is 2.32. The molecule has 1 fully saturated rings. The molecule has 0 spiro atoms. The first-order valence-corrected chi connectivity index (χ1v) is 8.71. The fraction of sp³-hybridized carbons (Fsp3) is 0.571. The summed E-state index contributed by atoms with van der Waals surface area (Å²) in [7, 11) is 0. The SMILES string of the molecule is C[S+]([O-])c1ccc2c(c1Cl)CN(C1COC[C@@H](N)C1)C2. The van der Waals surface area contributed by atoms with Gasteiger partial charge in [0.05, 0.1) is 13.2 Å². The summed E-state index contributed by atoms with van der Waals surface area (Å²) in [5.74, 6) is 0. The van der Waals surface area contributed by atoms with Gasteiger partial charge in [-0.1, -0.05) is 17.7 Å². The van der Waals surface area contributed by atoms with Gasteiger partial charge in [-0.05, 0) is 34.8 Å². The number of fused-ring (bicyclic) bond motifs is 1. The van der Waals surface area contributed by atoms with Crippen LogP contribution >= 0.6 is 11.6 Å². The van der Waals surface area contributed by atoms with Crippen LogP contribution in [0.1, 0.15) is 17.5 Å². The van der Waals surface area contributed by atoms with Crippen molar-refractivity contribution in [1.29, 1.82) is 0 Å². The van der Waals surface area contributed by atoms with Gasteiger partial charge in [-0.3, -0.25) is 4.90 Å². The van der Waals surface area contributed by atoms with Crippen molar-refractivity contribution < 1.29 is 9.29 Å². The molecule has 2 unspecified atom stereocenters. The molecule has 6 heteroatoms. The van der Waals surface area contributed by atoms with Crippen molar-refractivity contribution in [2.45, 2.75) is 36.5 Å². The molecule has 0 radical (unpaired) electrons. The molecule has 110 valence electrons. The van der Waals surface area contributed by atoms with E-state index in [1.807, 2.05) is 12.1 Å². The van der Waals surface area contributed by atoms with Crippen molar-refractivity contribution in [2.75, 3.05) is 19.5 Å². The third kappa shape index (κ3) is 2.71. The molecule has 0 amide bonds. The second-order valence-electron chi connectivity index (χ2n) is 5.56. The average Bonchev–Trinajstić information content (AvgIpc) is 2.83. The fourth-order valence-corrected chi connectivity index (χ4v) is 4.22. The summed E-state index contributed by atoms with van der Waals surface area (Å²) in [6.45, 7) is 3.04. The molecule has 2 N–H and O–H groups in total. The number of rotatable bonds is 2. The fourth-order valence-electron chi connectivity index (χ4n) is 3.01. The normalized spacial score (nSPS) is 28.4. The lowest BCUT2D eigenvalue weighted by Gasteiger charge is -2.33. The van der Waals surface area contributed by atoms with Gasteiger partial charge in [0.2, 0.25) is 0 Å². The molecule has 20 heavy (non-hydrogen) atoms. The zero-order chi connectivity index (χ0) is 14.3. The Hall–Kier alpha value is -0.300. The highest BCUT2D eigenvalue weighted by Crippen LogP contribution is 2.35. The first kappa shape index (κ1) is 14.6. The molecule has 0 bridgehead atoms. The maximum atomic E-state index is 11.7. The van der Waals surface area contributed by atoms with Crippen LogP contribution in [0.2, 0.25) is 5.02 Å². The molecule has 2 aliphatic heterocycles. The summed E-state index contributed by atoms with van der Waals surface area (Å²) in [5, 5.41) is 0.659. The highest BCUT2D eigenvalue weighted by molar-refractivity contribution is 7.90. The number of nitrogens with two attached hydrogens (primary N) is 1. The first-order valence-electron chi connectivity index (χ1n) is 6.77. The standard InChI is InChI=1S/C14H19ClN2O2S/c1-20(18)13-3-2-9-5-17(6-12(9)14(13)15)11-4-10(16)7-19-8-11/h2-3,10-11H,4-8,16H2,1H3/t10-,11?,20?/m0/s1. The molecule has 3 rings (SSSR count). The molecule has 1 aromatic rings. The summed E-state index contributed by atoms with van der Waals surface area (Å²) in [5.41, 5.74) is 8.31. The van der Waals surface area contributed by atoms with E-state index in [1.165, 1.54) is 5.56 Å². The minimum atomic E-state index is -1.05. The van der Waals surface area contributed by atoms with Crippen molar-refractivity contribution >= 4 is 22.8 Å². The van der Waals surface area contributed by atoms with Crippen molar-refractivity contribution in [3.8, 4) is 0 Å². The van der Waals surface area contributed by atoms with Gasteiger partial charge in [-0.2, -0.15) is 0 Å². The second-order valence-corrected chi connectivity index (χ2v) is 7.29. The highest BCUT2D eigenvalue weighted by atomic mass is 35.5. The lowest BCUT2D eigenvalue weighted by molar-refractivity contribution is 0.00549. The van der Waals surface area contributed by atoms with E-state index in [0.29, 0.717) is 17.7 Å². The van der Waals surface area contributed by atoms with Crippen LogP contribution in [0.4, 0.5) is 0 Å². The van der Waals surface area contributed by atoms with Crippen molar-refractivity contribution in [3.05, 3.63) is 28.3 Å². The molecule has 2 heterocycles. The summed E-state index contributed by atoms with van der Waals surface area (Å²) in [6.07, 6.45) is 2.62. The number of hydrogen-bond acceptors (Lipinski definition) is 4. The quantitative estimate of drug-likeness (QED) is 0.841. The van der Waals surface area contributed by atoms with Gasteiger partial charge in [0.1, 0.15) is 11.3 Å². The van der Waals surface area contributed by atoms with Crippen LogP contribution in [0.25, 0.3) is 0 Å². The Bertz CT molecular complexity index is 512. The number of nitrogens with zero attached hydrogens (tertiary/aromatic N) is 1. The van der Waals surface area contributed by atoms with E-state index in [1.54, 1.807) is 6.26 Å². The minimum Gasteiger partial charge on any atom is -0.612 e. The zero-order valence-corrected chi connectivity index (χ0v) is 13.0. The molecule has 1 saturated heterocycles. The monoisotopic (exact) mass is 314 g/mol. The number of hydrogen-bond donors (Lipinski definition) is 1. The average molecular weight is 315 g/mol. The van der Waals surface area contributed by atoms with Gasteiger partial charge < -0.3 is 15.0 Å². The van der Waals surface area contributed by atoms with Crippen LogP contribution in [0.15, 0.2) is 17.0 Å². The number of benzene rings is 1. The maximum Gasteiger partial charge on any atom is 0.171 e. The molecular formula is C14H19ClN2O2S. The third-order valence-corrected chi connectivity index (χ3v) is 5.59. The van der Waals surface area contributed by atoms with Crippen LogP contribution in [0.5, 0.6) is 0 Å². The van der Waals surface area contributed by atoms with Crippen molar-refractivity contribution in [1.82, 2.24) is 4.90 Å². The molecule has 0 aliphatic carbocycles. The predicted octanol–water partition coefficient (Wildman–Crippen LogP) is 1.51. The third-order valence-electron chi connectivity index (χ3n) is 4.08. The molecule has 0 aromatic heterocycles. The predicted molar refractivity (Wildman–Crippen MR) is 80.2 cm³/mol. The lowest BCUT2D eigenvalue weighted by Crippen LogP contribution is -2.46. The van der Waals surface area contributed by atoms with Gasteiger partial charge >= 0.3 is 0 Å². The van der Waals surface area contributed by atoms with E-state index in [4.69, 9.17) is 22.1 Å². The van der Waals surface area contributed by atoms with Gasteiger partial charge in [0.15, 0.2) is 4.90 Å². The van der Waals surface area contributed by atoms with Crippen LogP contribution < -0.4 is 5.73 Å². The lowest BCUT2D eigenvalue weighted by atomic mass is 10.1. The Morgan fingerprint density at radius 2 is 2.20 bits per heavy atom. The Morgan fingerprint density at radius 3 is 2.90 bits per heavy atom. The summed E-state index contributed by atoms with van der Waals surface area (Å²) >= 11 is 5.36. The first-order chi connectivity index (χ1) is 9.56. The van der Waals surface area contributed by atoms with Gasteiger partial charge in [-0.25, -0.2) is 0 Å². The smallest absolute Gasteiger partial charge is 0.171 e. The van der Waals surface area contributed by atoms with Crippen LogP contribution in [0.3, 0.4) is 0 Å². The molecule has 3 atom stereocenters. The van der Waals surface area contributed by atoms with Crippen LogP contribution in [0, 0.1) is 0 Å². The molecular weight excluding hydrogens is 296 g/mol. The van der Waals surface area contributed by atoms with Crippen LogP contribution in [-0.4, -0.2) is 41.0 Å². The topological polar surface area (TPSA) is 61.5 Å². The summed E-state index contributed by atoms with van der Waals surface area (Å²) in [6, 6.07) is 4.38. The molecule has 0 saturated carbocycles. The Balaban J connectivity index is 1.80. The van der Waals surface area contributed by atoms with Gasteiger partial charge in [-0.15, -0.1) is 0 Å². The summed E-state index contributed by atoms with van der Waals surface area (Å²) < 4.78 is 17.2.